The highest BCUT2D eigenvalue weighted by Crippen LogP contribution is 2.20. The number of fused-ring (bicyclic) bond motifs is 1. The molecule has 3 heterocycles. The third-order valence-electron chi connectivity index (χ3n) is 2.80. The van der Waals surface area contributed by atoms with Crippen molar-refractivity contribution in [1.82, 2.24) is 19.7 Å². The number of aromatic nitrogens is 4. The molecular weight excluding hydrogens is 242 g/mol. The monoisotopic (exact) mass is 252 g/mol. The van der Waals surface area contributed by atoms with Gasteiger partial charge in [-0.1, -0.05) is 0 Å². The first-order valence-electron chi connectivity index (χ1n) is 5.64. The molecule has 3 aromatic rings. The number of carbonyl (C=O) groups excluding carboxylic acids is 1. The molecule has 0 spiro atoms. The maximum atomic E-state index is 11.1. The molecule has 0 fully saturated rings. The lowest BCUT2D eigenvalue weighted by Gasteiger charge is -2.01. The van der Waals surface area contributed by atoms with Gasteiger partial charge in [0.2, 0.25) is 0 Å². The predicted octanol–water partition coefficient (Wildman–Crippen LogP) is 1.53. The minimum Gasteiger partial charge on any atom is -0.350 e. The van der Waals surface area contributed by atoms with Gasteiger partial charge in [0.15, 0.2) is 0 Å². The van der Waals surface area contributed by atoms with E-state index in [4.69, 9.17) is 5.73 Å². The highest BCUT2D eigenvalue weighted by molar-refractivity contribution is 5.89. The molecule has 3 aromatic heterocycles. The summed E-state index contributed by atoms with van der Waals surface area (Å²) in [6.07, 6.45) is 6.05. The van der Waals surface area contributed by atoms with E-state index in [9.17, 15) is 4.79 Å². The summed E-state index contributed by atoms with van der Waals surface area (Å²) in [4.78, 5) is 19.7. The van der Waals surface area contributed by atoms with Gasteiger partial charge in [-0.2, -0.15) is 9.78 Å². The first-order valence-corrected chi connectivity index (χ1v) is 5.64. The van der Waals surface area contributed by atoms with Crippen LogP contribution in [0, 0.1) is 13.1 Å². The summed E-state index contributed by atoms with van der Waals surface area (Å²) in [7, 11) is 0. The molecule has 0 aliphatic rings. The molecule has 6 nitrogen and oxygen atoms in total. The van der Waals surface area contributed by atoms with Crippen molar-refractivity contribution >= 4 is 16.9 Å². The highest BCUT2D eigenvalue weighted by Gasteiger charge is 2.09. The lowest BCUT2D eigenvalue weighted by Crippen LogP contribution is -2.20. The molecular formula is C13H10N5O. The van der Waals surface area contributed by atoms with Gasteiger partial charge in [-0.15, -0.1) is 0 Å². The first-order chi connectivity index (χ1) is 9.15. The molecule has 0 bridgehead atoms. The maximum absolute atomic E-state index is 11.1. The van der Waals surface area contributed by atoms with E-state index in [0.29, 0.717) is 10.9 Å². The van der Waals surface area contributed by atoms with Crippen molar-refractivity contribution in [2.24, 2.45) is 5.73 Å². The molecule has 2 N–H and O–H groups in total. The van der Waals surface area contributed by atoms with E-state index in [1.807, 2.05) is 19.1 Å². The van der Waals surface area contributed by atoms with Crippen molar-refractivity contribution in [1.29, 1.82) is 0 Å². The number of carbonyl (C=O) groups is 1. The summed E-state index contributed by atoms with van der Waals surface area (Å²) in [6.45, 7) is 1.92. The van der Waals surface area contributed by atoms with E-state index in [1.165, 1.54) is 0 Å². The van der Waals surface area contributed by atoms with Crippen LogP contribution in [0.5, 0.6) is 0 Å². The Kier molecular flexibility index (Phi) is 2.49. The smallest absolute Gasteiger partial charge is 0.340 e. The second-order valence-electron chi connectivity index (χ2n) is 4.14. The van der Waals surface area contributed by atoms with Crippen molar-refractivity contribution in [2.45, 2.75) is 6.92 Å². The Morgan fingerprint density at radius 2 is 2.16 bits per heavy atom. The van der Waals surface area contributed by atoms with Crippen molar-refractivity contribution in [3.63, 3.8) is 0 Å². The van der Waals surface area contributed by atoms with E-state index < -0.39 is 6.03 Å². The van der Waals surface area contributed by atoms with E-state index in [1.54, 1.807) is 18.5 Å². The molecule has 6 heteroatoms. The van der Waals surface area contributed by atoms with Crippen LogP contribution in [0.25, 0.3) is 22.2 Å². The Labute approximate surface area is 108 Å². The summed E-state index contributed by atoms with van der Waals surface area (Å²) in [5.41, 5.74) is 8.32. The molecule has 0 aliphatic carbocycles. The molecule has 0 atom stereocenters. The van der Waals surface area contributed by atoms with Gasteiger partial charge in [-0.3, -0.25) is 9.97 Å². The molecule has 0 saturated heterocycles. The number of pyridine rings is 2. The van der Waals surface area contributed by atoms with Crippen LogP contribution in [-0.2, 0) is 0 Å². The zero-order chi connectivity index (χ0) is 13.4. The quantitative estimate of drug-likeness (QED) is 0.711. The number of amides is 1. The SMILES string of the molecule is Cc1ccc(-c2cc3[c]nn(C(N)=O)c3cn2)cn1. The van der Waals surface area contributed by atoms with Gasteiger partial charge < -0.3 is 5.73 Å². The van der Waals surface area contributed by atoms with E-state index in [0.717, 1.165) is 21.6 Å². The number of hydrogen-bond donors (Lipinski definition) is 1. The normalized spacial score (nSPS) is 10.8. The third-order valence-corrected chi connectivity index (χ3v) is 2.80. The van der Waals surface area contributed by atoms with Crippen LogP contribution in [0.1, 0.15) is 5.69 Å². The Bertz CT molecular complexity index is 760. The maximum Gasteiger partial charge on any atom is 0.340 e. The molecule has 93 valence electrons. The van der Waals surface area contributed by atoms with Crippen LogP contribution in [0.2, 0.25) is 0 Å². The summed E-state index contributed by atoms with van der Waals surface area (Å²) in [6, 6.07) is 5.00. The predicted molar refractivity (Wildman–Crippen MR) is 69.3 cm³/mol. The molecule has 1 amide bonds. The van der Waals surface area contributed by atoms with E-state index >= 15 is 0 Å². The van der Waals surface area contributed by atoms with Gasteiger partial charge in [-0.05, 0) is 25.1 Å². The molecule has 1 radical (unpaired) electrons. The molecule has 0 aliphatic heterocycles. The van der Waals surface area contributed by atoms with Crippen LogP contribution in [0.15, 0.2) is 30.6 Å². The van der Waals surface area contributed by atoms with E-state index in [-0.39, 0.29) is 0 Å². The van der Waals surface area contributed by atoms with Crippen LogP contribution < -0.4 is 5.73 Å². The molecule has 19 heavy (non-hydrogen) atoms. The first kappa shape index (κ1) is 11.3. The summed E-state index contributed by atoms with van der Waals surface area (Å²) in [5.74, 6) is 0. The van der Waals surface area contributed by atoms with Crippen LogP contribution in [0.3, 0.4) is 0 Å². The number of primary amides is 1. The second-order valence-corrected chi connectivity index (χ2v) is 4.14. The standard InChI is InChI=1S/C13H10N5O/c1-8-2-3-9(5-15-8)11-4-10-6-17-18(13(14)19)12(10)7-16-11/h2-5,7H,1H3,(H2,14,19). The lowest BCUT2D eigenvalue weighted by atomic mass is 10.1. The molecule has 3 rings (SSSR count). The fourth-order valence-electron chi connectivity index (χ4n) is 1.81. The van der Waals surface area contributed by atoms with Crippen LogP contribution in [-0.4, -0.2) is 25.8 Å². The van der Waals surface area contributed by atoms with Crippen LogP contribution in [0.4, 0.5) is 4.79 Å². The lowest BCUT2D eigenvalue weighted by molar-refractivity contribution is 0.248. The molecule has 0 unspecified atom stereocenters. The third kappa shape index (κ3) is 1.93. The molecule has 0 aromatic carbocycles. The average molecular weight is 252 g/mol. The average Bonchev–Trinajstić information content (AvgIpc) is 2.82. The van der Waals surface area contributed by atoms with Gasteiger partial charge in [-0.25, -0.2) is 4.79 Å². The summed E-state index contributed by atoms with van der Waals surface area (Å²) >= 11 is 0. The Hall–Kier alpha value is -2.76. The van der Waals surface area contributed by atoms with Crippen molar-refractivity contribution in [2.75, 3.05) is 0 Å². The van der Waals surface area contributed by atoms with Gasteiger partial charge in [0, 0.05) is 22.8 Å². The number of rotatable bonds is 1. The van der Waals surface area contributed by atoms with Gasteiger partial charge in [0.25, 0.3) is 0 Å². The van der Waals surface area contributed by atoms with Crippen molar-refractivity contribution in [3.8, 4) is 11.3 Å². The number of nitrogens with two attached hydrogens (primary N) is 1. The van der Waals surface area contributed by atoms with Crippen molar-refractivity contribution < 1.29 is 4.79 Å². The minimum absolute atomic E-state index is 0.538. The molecule has 0 saturated carbocycles. The van der Waals surface area contributed by atoms with Gasteiger partial charge in [0.05, 0.1) is 17.4 Å². The van der Waals surface area contributed by atoms with Crippen LogP contribution >= 0.6 is 0 Å². The fraction of sp³-hybridized carbons (Fsp3) is 0.0769. The van der Waals surface area contributed by atoms with E-state index in [2.05, 4.69) is 21.3 Å². The largest absolute Gasteiger partial charge is 0.350 e. The highest BCUT2D eigenvalue weighted by atomic mass is 16.2. The minimum atomic E-state index is -0.655. The zero-order valence-corrected chi connectivity index (χ0v) is 10.2. The number of nitrogens with zero attached hydrogens (tertiary/aromatic N) is 4. The second kappa shape index (κ2) is 4.16. The Balaban J connectivity index is 2.12. The zero-order valence-electron chi connectivity index (χ0n) is 10.2. The van der Waals surface area contributed by atoms with Gasteiger partial charge >= 0.3 is 6.03 Å². The Morgan fingerprint density at radius 3 is 2.84 bits per heavy atom. The summed E-state index contributed by atoms with van der Waals surface area (Å²) < 4.78 is 1.07. The Morgan fingerprint density at radius 1 is 1.32 bits per heavy atom. The van der Waals surface area contributed by atoms with Gasteiger partial charge in [0.1, 0.15) is 6.20 Å². The topological polar surface area (TPSA) is 86.7 Å². The number of aryl methyl sites for hydroxylation is 1. The summed E-state index contributed by atoms with van der Waals surface area (Å²) in [5, 5.41) is 4.49. The fourth-order valence-corrected chi connectivity index (χ4v) is 1.81. The number of hydrogen-bond acceptors (Lipinski definition) is 4. The van der Waals surface area contributed by atoms with Crippen molar-refractivity contribution in [3.05, 3.63) is 42.5 Å².